The van der Waals surface area contributed by atoms with E-state index in [1.54, 1.807) is 0 Å². The Kier molecular flexibility index (Phi) is 13.3. The molecule has 0 N–H and O–H groups in total. The van der Waals surface area contributed by atoms with Gasteiger partial charge in [0.05, 0.1) is 0 Å². The smallest absolute Gasteiger partial charge is 0.0392 e. The van der Waals surface area contributed by atoms with Crippen LogP contribution < -0.4 is 0 Å². The standard InChI is InChI=1S/2C10H14.2C9H12/c2*1-7-5-8(2)10(4)9(3)6-7;1-7-4-8(2)6-9(3)5-7;1-7-4-5-8(2)9(3)6-7/h2*5-6H,1-4H3;2*4-6H,1-3H3. The third-order valence-corrected chi connectivity index (χ3v) is 7.17. The molecule has 38 heavy (non-hydrogen) atoms. The molecule has 0 nitrogen and oxygen atoms in total. The molecule has 4 aromatic carbocycles. The normalized spacial score (nSPS) is 9.84. The van der Waals surface area contributed by atoms with E-state index < -0.39 is 0 Å². The first-order valence-electron chi connectivity index (χ1n) is 13.8. The summed E-state index contributed by atoms with van der Waals surface area (Å²) in [5.41, 5.74) is 19.3. The Morgan fingerprint density at radius 2 is 0.500 bits per heavy atom. The lowest BCUT2D eigenvalue weighted by Gasteiger charge is -2.04. The monoisotopic (exact) mass is 508 g/mol. The summed E-state index contributed by atoms with van der Waals surface area (Å²) in [5, 5.41) is 0. The summed E-state index contributed by atoms with van der Waals surface area (Å²) in [6, 6.07) is 22.0. The minimum absolute atomic E-state index is 1.35. The molecule has 0 aromatic heterocycles. The lowest BCUT2D eigenvalue weighted by Crippen LogP contribution is -1.86. The van der Waals surface area contributed by atoms with Gasteiger partial charge in [-0.05, 0) is 141 Å². The van der Waals surface area contributed by atoms with Crippen molar-refractivity contribution in [3.8, 4) is 0 Å². The first-order chi connectivity index (χ1) is 17.6. The van der Waals surface area contributed by atoms with Gasteiger partial charge in [0.25, 0.3) is 0 Å². The van der Waals surface area contributed by atoms with Crippen molar-refractivity contribution >= 4 is 0 Å². The molecule has 4 aromatic rings. The van der Waals surface area contributed by atoms with E-state index >= 15 is 0 Å². The highest BCUT2D eigenvalue weighted by Crippen LogP contribution is 2.15. The Labute approximate surface area is 235 Å². The van der Waals surface area contributed by atoms with E-state index in [2.05, 4.69) is 158 Å². The maximum absolute atomic E-state index is 2.22. The minimum Gasteiger partial charge on any atom is -0.0590 e. The Bertz CT molecular complexity index is 1180. The van der Waals surface area contributed by atoms with Crippen molar-refractivity contribution in [2.24, 2.45) is 0 Å². The molecular weight excluding hydrogens is 456 g/mol. The zero-order valence-corrected chi connectivity index (χ0v) is 26.8. The average molecular weight is 509 g/mol. The summed E-state index contributed by atoms with van der Waals surface area (Å²) in [7, 11) is 0. The van der Waals surface area contributed by atoms with E-state index in [4.69, 9.17) is 0 Å². The molecule has 0 amide bonds. The second-order valence-corrected chi connectivity index (χ2v) is 11.3. The van der Waals surface area contributed by atoms with Crippen molar-refractivity contribution < 1.29 is 0 Å². The molecule has 0 spiro atoms. The quantitative estimate of drug-likeness (QED) is 0.221. The Morgan fingerprint density at radius 3 is 0.763 bits per heavy atom. The second-order valence-electron chi connectivity index (χ2n) is 11.3. The van der Waals surface area contributed by atoms with Gasteiger partial charge in [-0.1, -0.05) is 94.0 Å². The maximum atomic E-state index is 2.22. The first kappa shape index (κ1) is 32.9. The van der Waals surface area contributed by atoms with Crippen LogP contribution in [0.25, 0.3) is 0 Å². The van der Waals surface area contributed by atoms with E-state index in [9.17, 15) is 0 Å². The molecule has 0 aliphatic carbocycles. The molecule has 0 saturated heterocycles. The molecule has 0 heterocycles. The van der Waals surface area contributed by atoms with Crippen molar-refractivity contribution in [1.29, 1.82) is 0 Å². The molecular formula is C38H52. The zero-order chi connectivity index (χ0) is 29.2. The summed E-state index contributed by atoms with van der Waals surface area (Å²) in [5.74, 6) is 0. The predicted octanol–water partition coefficient (Wildman–Crippen LogP) is 11.1. The van der Waals surface area contributed by atoms with Crippen LogP contribution in [0.15, 0.2) is 60.7 Å². The van der Waals surface area contributed by atoms with Gasteiger partial charge in [0.1, 0.15) is 0 Å². The van der Waals surface area contributed by atoms with Crippen LogP contribution in [0.1, 0.15) is 77.9 Å². The second kappa shape index (κ2) is 15.3. The lowest BCUT2D eigenvalue weighted by atomic mass is 10.0. The third-order valence-electron chi connectivity index (χ3n) is 7.17. The van der Waals surface area contributed by atoms with Crippen molar-refractivity contribution in [3.05, 3.63) is 139 Å². The van der Waals surface area contributed by atoms with Gasteiger partial charge in [-0.2, -0.15) is 0 Å². The van der Waals surface area contributed by atoms with Gasteiger partial charge in [0.2, 0.25) is 0 Å². The maximum Gasteiger partial charge on any atom is -0.0392 e. The van der Waals surface area contributed by atoms with Gasteiger partial charge < -0.3 is 0 Å². The first-order valence-corrected chi connectivity index (χ1v) is 13.8. The summed E-state index contributed by atoms with van der Waals surface area (Å²) in [6.45, 7) is 30.0. The van der Waals surface area contributed by atoms with E-state index in [1.807, 2.05) is 0 Å². The summed E-state index contributed by atoms with van der Waals surface area (Å²) < 4.78 is 0. The molecule has 0 atom stereocenters. The van der Waals surface area contributed by atoms with Crippen molar-refractivity contribution in [1.82, 2.24) is 0 Å². The third kappa shape index (κ3) is 11.5. The van der Waals surface area contributed by atoms with Crippen molar-refractivity contribution in [3.63, 3.8) is 0 Å². The predicted molar refractivity (Wildman–Crippen MR) is 172 cm³/mol. The molecule has 0 bridgehead atoms. The van der Waals surface area contributed by atoms with E-state index in [0.717, 1.165) is 0 Å². The van der Waals surface area contributed by atoms with Gasteiger partial charge in [0, 0.05) is 0 Å². The Morgan fingerprint density at radius 1 is 0.237 bits per heavy atom. The largest absolute Gasteiger partial charge is 0.0590 e. The molecule has 204 valence electrons. The van der Waals surface area contributed by atoms with Crippen LogP contribution in [0.3, 0.4) is 0 Å². The highest BCUT2D eigenvalue weighted by molar-refractivity contribution is 5.37. The van der Waals surface area contributed by atoms with Gasteiger partial charge in [0.15, 0.2) is 0 Å². The summed E-state index contributed by atoms with van der Waals surface area (Å²) in [4.78, 5) is 0. The minimum atomic E-state index is 1.35. The summed E-state index contributed by atoms with van der Waals surface area (Å²) in [6.07, 6.45) is 0. The topological polar surface area (TPSA) is 0 Å². The molecule has 0 saturated carbocycles. The SMILES string of the molecule is Cc1cc(C)c(C)c(C)c1.Cc1cc(C)c(C)c(C)c1.Cc1cc(C)cc(C)c1.Cc1ccc(C)c(C)c1. The van der Waals surface area contributed by atoms with E-state index in [1.165, 1.54) is 77.9 Å². The van der Waals surface area contributed by atoms with Gasteiger partial charge in [-0.15, -0.1) is 0 Å². The highest BCUT2D eigenvalue weighted by atomic mass is 14.0. The molecule has 0 heteroatoms. The molecule has 4 rings (SSSR count). The fraction of sp³-hybridized carbons (Fsp3) is 0.368. The van der Waals surface area contributed by atoms with E-state index in [-0.39, 0.29) is 0 Å². The number of hydrogen-bond donors (Lipinski definition) is 0. The van der Waals surface area contributed by atoms with Gasteiger partial charge >= 0.3 is 0 Å². The number of benzene rings is 4. The molecule has 0 fully saturated rings. The number of hydrogen-bond acceptors (Lipinski definition) is 0. The fourth-order valence-electron chi connectivity index (χ4n) is 4.60. The number of aryl methyl sites for hydroxylation is 12. The van der Waals surface area contributed by atoms with Crippen molar-refractivity contribution in [2.75, 3.05) is 0 Å². The lowest BCUT2D eigenvalue weighted by molar-refractivity contribution is 1.23. The van der Waals surface area contributed by atoms with Crippen LogP contribution in [-0.4, -0.2) is 0 Å². The number of rotatable bonds is 0. The molecule has 0 radical (unpaired) electrons. The highest BCUT2D eigenvalue weighted by Gasteiger charge is 1.97. The Balaban J connectivity index is 0.000000254. The zero-order valence-electron chi connectivity index (χ0n) is 26.8. The summed E-state index contributed by atoms with van der Waals surface area (Å²) >= 11 is 0. The molecule has 0 aliphatic heterocycles. The fourth-order valence-corrected chi connectivity index (χ4v) is 4.60. The average Bonchev–Trinajstić information content (AvgIpc) is 2.79. The van der Waals surface area contributed by atoms with E-state index in [0.29, 0.717) is 0 Å². The molecule has 0 aliphatic rings. The van der Waals surface area contributed by atoms with Gasteiger partial charge in [-0.25, -0.2) is 0 Å². The van der Waals surface area contributed by atoms with Gasteiger partial charge in [-0.3, -0.25) is 0 Å². The molecule has 0 unspecified atom stereocenters. The van der Waals surface area contributed by atoms with Crippen LogP contribution in [0.2, 0.25) is 0 Å². The van der Waals surface area contributed by atoms with Crippen LogP contribution in [0.4, 0.5) is 0 Å². The van der Waals surface area contributed by atoms with Crippen LogP contribution in [-0.2, 0) is 0 Å². The van der Waals surface area contributed by atoms with Crippen LogP contribution >= 0.6 is 0 Å². The van der Waals surface area contributed by atoms with Crippen molar-refractivity contribution in [2.45, 2.75) is 96.9 Å². The van der Waals surface area contributed by atoms with Crippen LogP contribution in [0.5, 0.6) is 0 Å². The van der Waals surface area contributed by atoms with Crippen LogP contribution in [0, 0.1) is 96.9 Å². The Hall–Kier alpha value is -3.12.